The summed E-state index contributed by atoms with van der Waals surface area (Å²) in [4.78, 5) is 12.3. The molecule has 0 saturated carbocycles. The molecule has 1 aliphatic rings. The Bertz CT molecular complexity index is 605. The zero-order valence-electron chi connectivity index (χ0n) is 10.7. The van der Waals surface area contributed by atoms with Crippen molar-refractivity contribution in [3.63, 3.8) is 0 Å². The van der Waals surface area contributed by atoms with E-state index in [2.05, 4.69) is 26.9 Å². The van der Waals surface area contributed by atoms with Crippen LogP contribution in [0.1, 0.15) is 22.9 Å². The van der Waals surface area contributed by atoms with E-state index in [1.807, 2.05) is 31.2 Å². The van der Waals surface area contributed by atoms with Crippen molar-refractivity contribution in [2.75, 3.05) is 11.9 Å². The van der Waals surface area contributed by atoms with Gasteiger partial charge in [0.15, 0.2) is 5.82 Å². The van der Waals surface area contributed by atoms with Gasteiger partial charge in [0.05, 0.1) is 0 Å². The molecule has 1 amide bonds. The van der Waals surface area contributed by atoms with Crippen LogP contribution in [0.3, 0.4) is 0 Å². The van der Waals surface area contributed by atoms with E-state index in [1.165, 1.54) is 5.56 Å². The van der Waals surface area contributed by atoms with Gasteiger partial charge in [-0.15, -0.1) is 0 Å². The van der Waals surface area contributed by atoms with Crippen molar-refractivity contribution < 1.29 is 4.79 Å². The molecule has 0 radical (unpaired) electrons. The van der Waals surface area contributed by atoms with Crippen LogP contribution in [0.2, 0.25) is 0 Å². The lowest BCUT2D eigenvalue weighted by Crippen LogP contribution is -2.38. The molecule has 5 heteroatoms. The molecule has 2 aromatic rings. The van der Waals surface area contributed by atoms with Crippen LogP contribution in [-0.2, 0) is 11.2 Å². The number of hydrogen-bond donors (Lipinski definition) is 3. The van der Waals surface area contributed by atoms with Gasteiger partial charge in [-0.3, -0.25) is 9.89 Å². The second kappa shape index (κ2) is 4.85. The minimum atomic E-state index is -0.304. The number of rotatable bonds is 2. The summed E-state index contributed by atoms with van der Waals surface area (Å²) in [5.41, 5.74) is 3.21. The lowest BCUT2D eigenvalue weighted by atomic mass is 9.94. The Balaban J connectivity index is 1.81. The first-order valence-electron chi connectivity index (χ1n) is 6.38. The van der Waals surface area contributed by atoms with Gasteiger partial charge in [-0.25, -0.2) is 0 Å². The molecule has 3 rings (SSSR count). The Kier molecular flexibility index (Phi) is 3.05. The van der Waals surface area contributed by atoms with Crippen LogP contribution in [-0.4, -0.2) is 22.6 Å². The van der Waals surface area contributed by atoms with Crippen molar-refractivity contribution in [2.24, 2.45) is 0 Å². The van der Waals surface area contributed by atoms with Crippen LogP contribution in [0.4, 0.5) is 5.82 Å². The number of anilines is 1. The van der Waals surface area contributed by atoms with Crippen molar-refractivity contribution >= 4 is 11.7 Å². The highest BCUT2D eigenvalue weighted by Crippen LogP contribution is 2.23. The minimum Gasteiger partial charge on any atom is -0.308 e. The summed E-state index contributed by atoms with van der Waals surface area (Å²) in [6, 6.07) is 9.56. The largest absolute Gasteiger partial charge is 0.308 e. The van der Waals surface area contributed by atoms with E-state index < -0.39 is 0 Å². The normalized spacial score (nSPS) is 17.8. The first kappa shape index (κ1) is 11.9. The fraction of sp³-hybridized carbons (Fsp3) is 0.286. The molecule has 0 fully saturated rings. The Morgan fingerprint density at radius 3 is 3.05 bits per heavy atom. The fourth-order valence-electron chi connectivity index (χ4n) is 2.42. The number of hydrogen-bond acceptors (Lipinski definition) is 3. The molecule has 0 bridgehead atoms. The van der Waals surface area contributed by atoms with Crippen LogP contribution in [0, 0.1) is 6.92 Å². The van der Waals surface area contributed by atoms with Gasteiger partial charge in [0, 0.05) is 18.3 Å². The quantitative estimate of drug-likeness (QED) is 0.763. The number of carbonyl (C=O) groups excluding carboxylic acids is 1. The third-order valence-corrected chi connectivity index (χ3v) is 3.33. The van der Waals surface area contributed by atoms with E-state index in [0.29, 0.717) is 5.82 Å². The highest BCUT2D eigenvalue weighted by Gasteiger charge is 2.25. The average Bonchev–Trinajstić information content (AvgIpc) is 2.83. The molecule has 0 spiro atoms. The Labute approximate surface area is 111 Å². The van der Waals surface area contributed by atoms with Crippen molar-refractivity contribution in [1.82, 2.24) is 15.5 Å². The SMILES string of the molecule is Cc1cc(NC(=O)C2NCCc3ccccc32)n[nH]1. The summed E-state index contributed by atoms with van der Waals surface area (Å²) in [5, 5.41) is 12.9. The van der Waals surface area contributed by atoms with Gasteiger partial charge in [-0.2, -0.15) is 5.10 Å². The molecular weight excluding hydrogens is 240 g/mol. The number of aryl methyl sites for hydroxylation is 1. The first-order chi connectivity index (χ1) is 9.24. The van der Waals surface area contributed by atoms with Crippen molar-refractivity contribution in [3.05, 3.63) is 47.2 Å². The topological polar surface area (TPSA) is 69.8 Å². The molecule has 0 saturated heterocycles. The van der Waals surface area contributed by atoms with Gasteiger partial charge in [0.25, 0.3) is 0 Å². The number of carbonyl (C=O) groups is 1. The van der Waals surface area contributed by atoms with Gasteiger partial charge in [-0.05, 0) is 24.5 Å². The molecule has 5 nitrogen and oxygen atoms in total. The Morgan fingerprint density at radius 1 is 1.42 bits per heavy atom. The van der Waals surface area contributed by atoms with Crippen molar-refractivity contribution in [1.29, 1.82) is 0 Å². The summed E-state index contributed by atoms with van der Waals surface area (Å²) in [7, 11) is 0. The lowest BCUT2D eigenvalue weighted by Gasteiger charge is -2.25. The minimum absolute atomic E-state index is 0.0707. The predicted molar refractivity (Wildman–Crippen MR) is 72.8 cm³/mol. The third kappa shape index (κ3) is 2.37. The maximum absolute atomic E-state index is 12.3. The molecule has 19 heavy (non-hydrogen) atoms. The summed E-state index contributed by atoms with van der Waals surface area (Å²) in [6.45, 7) is 2.71. The van der Waals surface area contributed by atoms with E-state index in [-0.39, 0.29) is 11.9 Å². The van der Waals surface area contributed by atoms with Crippen molar-refractivity contribution in [2.45, 2.75) is 19.4 Å². The second-order valence-corrected chi connectivity index (χ2v) is 4.76. The predicted octanol–water partition coefficient (Wildman–Crippen LogP) is 1.54. The Hall–Kier alpha value is -2.14. The maximum atomic E-state index is 12.3. The zero-order valence-corrected chi connectivity index (χ0v) is 10.7. The van der Waals surface area contributed by atoms with Gasteiger partial charge in [-0.1, -0.05) is 24.3 Å². The molecule has 2 heterocycles. The van der Waals surface area contributed by atoms with Crippen LogP contribution < -0.4 is 10.6 Å². The number of amides is 1. The second-order valence-electron chi connectivity index (χ2n) is 4.76. The number of fused-ring (bicyclic) bond motifs is 1. The molecule has 1 unspecified atom stereocenters. The van der Waals surface area contributed by atoms with Crippen LogP contribution >= 0.6 is 0 Å². The van der Waals surface area contributed by atoms with Gasteiger partial charge in [0.1, 0.15) is 6.04 Å². The number of H-pyrrole nitrogens is 1. The number of aromatic amines is 1. The van der Waals surface area contributed by atoms with E-state index in [1.54, 1.807) is 0 Å². The smallest absolute Gasteiger partial charge is 0.247 e. The van der Waals surface area contributed by atoms with Crippen LogP contribution in [0.25, 0.3) is 0 Å². The van der Waals surface area contributed by atoms with E-state index in [0.717, 1.165) is 24.2 Å². The monoisotopic (exact) mass is 256 g/mol. The number of benzene rings is 1. The molecular formula is C14H16N4O. The van der Waals surface area contributed by atoms with Crippen molar-refractivity contribution in [3.8, 4) is 0 Å². The molecule has 1 aromatic heterocycles. The fourth-order valence-corrected chi connectivity index (χ4v) is 2.42. The molecule has 98 valence electrons. The van der Waals surface area contributed by atoms with E-state index in [4.69, 9.17) is 0 Å². The number of nitrogens with zero attached hydrogens (tertiary/aromatic N) is 1. The molecule has 0 aliphatic carbocycles. The van der Waals surface area contributed by atoms with Gasteiger partial charge >= 0.3 is 0 Å². The number of nitrogens with one attached hydrogen (secondary N) is 3. The van der Waals surface area contributed by atoms with E-state index >= 15 is 0 Å². The highest BCUT2D eigenvalue weighted by atomic mass is 16.2. The summed E-state index contributed by atoms with van der Waals surface area (Å²) in [6.07, 6.45) is 0.960. The highest BCUT2D eigenvalue weighted by molar-refractivity contribution is 5.95. The van der Waals surface area contributed by atoms with Gasteiger partial charge < -0.3 is 10.6 Å². The maximum Gasteiger partial charge on any atom is 0.247 e. The molecule has 1 aliphatic heterocycles. The van der Waals surface area contributed by atoms with Crippen LogP contribution in [0.15, 0.2) is 30.3 Å². The standard InChI is InChI=1S/C14H16N4O/c1-9-8-12(18-17-9)16-14(19)13-11-5-3-2-4-10(11)6-7-15-13/h2-5,8,13,15H,6-7H2,1H3,(H2,16,17,18,19). The number of aromatic nitrogens is 2. The third-order valence-electron chi connectivity index (χ3n) is 3.33. The first-order valence-corrected chi connectivity index (χ1v) is 6.38. The average molecular weight is 256 g/mol. The molecule has 1 atom stereocenters. The summed E-state index contributed by atoms with van der Waals surface area (Å²) >= 11 is 0. The van der Waals surface area contributed by atoms with Crippen LogP contribution in [0.5, 0.6) is 0 Å². The zero-order chi connectivity index (χ0) is 13.2. The Morgan fingerprint density at radius 2 is 2.26 bits per heavy atom. The molecule has 1 aromatic carbocycles. The summed E-state index contributed by atoms with van der Waals surface area (Å²) in [5.74, 6) is 0.492. The summed E-state index contributed by atoms with van der Waals surface area (Å²) < 4.78 is 0. The molecule has 3 N–H and O–H groups in total. The van der Waals surface area contributed by atoms with E-state index in [9.17, 15) is 4.79 Å². The van der Waals surface area contributed by atoms with Gasteiger partial charge in [0.2, 0.25) is 5.91 Å². The lowest BCUT2D eigenvalue weighted by molar-refractivity contribution is -0.118.